The molecule has 2 N–H and O–H groups in total. The van der Waals surface area contributed by atoms with E-state index in [2.05, 4.69) is 29.4 Å². The molecule has 1 amide bonds. The monoisotopic (exact) mass is 390 g/mol. The Balaban J connectivity index is 2.54. The molecule has 27 heavy (non-hydrogen) atoms. The summed E-state index contributed by atoms with van der Waals surface area (Å²) in [4.78, 5) is 24.1. The fourth-order valence-corrected chi connectivity index (χ4v) is 2.53. The van der Waals surface area contributed by atoms with Crippen molar-refractivity contribution in [3.8, 4) is 0 Å². The molecule has 10 heteroatoms. The minimum Gasteiger partial charge on any atom is -0.379 e. The van der Waals surface area contributed by atoms with E-state index >= 15 is 0 Å². The largest absolute Gasteiger partial charge is 0.416 e. The molecule has 1 aromatic carbocycles. The van der Waals surface area contributed by atoms with Gasteiger partial charge in [-0.15, -0.1) is 0 Å². The number of nitro groups is 1. The summed E-state index contributed by atoms with van der Waals surface area (Å²) < 4.78 is 38.0. The summed E-state index contributed by atoms with van der Waals surface area (Å²) in [5.41, 5.74) is -1.83. The molecule has 0 atom stereocenters. The Morgan fingerprint density at radius 3 is 2.48 bits per heavy atom. The summed E-state index contributed by atoms with van der Waals surface area (Å²) >= 11 is 0. The lowest BCUT2D eigenvalue weighted by atomic mass is 10.1. The topological polar surface area (TPSA) is 87.5 Å². The van der Waals surface area contributed by atoms with Crippen molar-refractivity contribution in [2.24, 2.45) is 0 Å². The Kier molecular flexibility index (Phi) is 8.48. The highest BCUT2D eigenvalue weighted by molar-refractivity contribution is 5.76. The lowest BCUT2D eigenvalue weighted by Crippen LogP contribution is -2.38. The maximum Gasteiger partial charge on any atom is 0.416 e. The minimum atomic E-state index is -4.66. The number of amides is 1. The van der Waals surface area contributed by atoms with E-state index < -0.39 is 22.4 Å². The lowest BCUT2D eigenvalue weighted by Gasteiger charge is -2.24. The SMILES string of the molecule is CCN(CCNC(=O)CCNc1ccc(C(F)(F)F)cc1[N+](=O)[O-])C(C)C. The number of nitrogens with one attached hydrogen (secondary N) is 2. The normalized spacial score (nSPS) is 11.7. The molecular weight excluding hydrogens is 365 g/mol. The molecule has 1 rings (SSSR count). The van der Waals surface area contributed by atoms with Crippen molar-refractivity contribution in [2.75, 3.05) is 31.5 Å². The summed E-state index contributed by atoms with van der Waals surface area (Å²) in [6.45, 7) is 8.27. The van der Waals surface area contributed by atoms with Crippen LogP contribution in [0.15, 0.2) is 18.2 Å². The molecule has 0 fully saturated rings. The molecule has 0 saturated heterocycles. The highest BCUT2D eigenvalue weighted by atomic mass is 19.4. The van der Waals surface area contributed by atoms with Gasteiger partial charge in [0.15, 0.2) is 0 Å². The second-order valence-electron chi connectivity index (χ2n) is 6.24. The lowest BCUT2D eigenvalue weighted by molar-refractivity contribution is -0.384. The van der Waals surface area contributed by atoms with Crippen LogP contribution in [0.3, 0.4) is 0 Å². The first-order valence-electron chi connectivity index (χ1n) is 8.66. The molecule has 0 heterocycles. The van der Waals surface area contributed by atoms with E-state index in [1.165, 1.54) is 0 Å². The third-order valence-electron chi connectivity index (χ3n) is 4.05. The van der Waals surface area contributed by atoms with Crippen molar-refractivity contribution < 1.29 is 22.9 Å². The second-order valence-corrected chi connectivity index (χ2v) is 6.24. The van der Waals surface area contributed by atoms with Gasteiger partial charge in [-0.05, 0) is 32.5 Å². The zero-order chi connectivity index (χ0) is 20.6. The van der Waals surface area contributed by atoms with Gasteiger partial charge < -0.3 is 10.6 Å². The van der Waals surface area contributed by atoms with E-state index in [0.29, 0.717) is 25.2 Å². The number of carbonyl (C=O) groups excluding carboxylic acids is 1. The number of rotatable bonds is 10. The van der Waals surface area contributed by atoms with E-state index in [-0.39, 0.29) is 24.6 Å². The first-order valence-corrected chi connectivity index (χ1v) is 8.66. The van der Waals surface area contributed by atoms with Crippen LogP contribution in [0.4, 0.5) is 24.5 Å². The third kappa shape index (κ3) is 7.41. The van der Waals surface area contributed by atoms with Gasteiger partial charge in [0.05, 0.1) is 10.5 Å². The second kappa shape index (κ2) is 10.1. The summed E-state index contributed by atoms with van der Waals surface area (Å²) in [5.74, 6) is -0.239. The van der Waals surface area contributed by atoms with Gasteiger partial charge >= 0.3 is 6.18 Å². The van der Waals surface area contributed by atoms with Crippen LogP contribution in [0.1, 0.15) is 32.8 Å². The molecule has 0 radical (unpaired) electrons. The molecule has 0 aromatic heterocycles. The van der Waals surface area contributed by atoms with Crippen LogP contribution in [-0.4, -0.2) is 48.0 Å². The summed E-state index contributed by atoms with van der Waals surface area (Å²) in [6.07, 6.45) is -4.61. The summed E-state index contributed by atoms with van der Waals surface area (Å²) in [5, 5.41) is 16.4. The molecule has 0 bridgehead atoms. The highest BCUT2D eigenvalue weighted by Crippen LogP contribution is 2.34. The van der Waals surface area contributed by atoms with Crippen molar-refractivity contribution in [3.05, 3.63) is 33.9 Å². The van der Waals surface area contributed by atoms with Crippen molar-refractivity contribution >= 4 is 17.3 Å². The summed E-state index contributed by atoms with van der Waals surface area (Å²) in [7, 11) is 0. The smallest absolute Gasteiger partial charge is 0.379 e. The van der Waals surface area contributed by atoms with Gasteiger partial charge in [-0.2, -0.15) is 13.2 Å². The van der Waals surface area contributed by atoms with Crippen LogP contribution < -0.4 is 10.6 Å². The first kappa shape index (κ1) is 22.7. The molecule has 152 valence electrons. The van der Waals surface area contributed by atoms with Gasteiger partial charge in [0.1, 0.15) is 5.69 Å². The standard InChI is InChI=1S/C17H25F3N4O3/c1-4-23(12(2)3)10-9-22-16(25)7-8-21-14-6-5-13(17(18,19)20)11-15(14)24(26)27/h5-6,11-12,21H,4,7-10H2,1-3H3,(H,22,25). The molecule has 0 aliphatic carbocycles. The predicted molar refractivity (Wildman–Crippen MR) is 96.6 cm³/mol. The van der Waals surface area contributed by atoms with E-state index in [9.17, 15) is 28.1 Å². The zero-order valence-electron chi connectivity index (χ0n) is 15.6. The number of hydrogen-bond donors (Lipinski definition) is 2. The van der Waals surface area contributed by atoms with Gasteiger partial charge in [-0.25, -0.2) is 0 Å². The summed E-state index contributed by atoms with van der Waals surface area (Å²) in [6, 6.07) is 2.61. The van der Waals surface area contributed by atoms with Crippen molar-refractivity contribution in [2.45, 2.75) is 39.4 Å². The van der Waals surface area contributed by atoms with E-state index in [4.69, 9.17) is 0 Å². The van der Waals surface area contributed by atoms with Crippen LogP contribution in [-0.2, 0) is 11.0 Å². The van der Waals surface area contributed by atoms with Crippen LogP contribution in [0.2, 0.25) is 0 Å². The third-order valence-corrected chi connectivity index (χ3v) is 4.05. The Morgan fingerprint density at radius 2 is 1.96 bits per heavy atom. The number of hydrogen-bond acceptors (Lipinski definition) is 5. The zero-order valence-corrected chi connectivity index (χ0v) is 15.6. The van der Waals surface area contributed by atoms with Gasteiger partial charge in [0.2, 0.25) is 5.91 Å². The quantitative estimate of drug-likeness (QED) is 0.473. The number of nitro benzene ring substituents is 1. The number of benzene rings is 1. The Bertz CT molecular complexity index is 651. The first-order chi connectivity index (χ1) is 12.6. The Morgan fingerprint density at radius 1 is 1.30 bits per heavy atom. The van der Waals surface area contributed by atoms with E-state index in [1.54, 1.807) is 0 Å². The minimum absolute atomic E-state index is 0.0476. The molecule has 0 spiro atoms. The van der Waals surface area contributed by atoms with Gasteiger partial charge in [0, 0.05) is 38.2 Å². The Labute approximate surface area is 156 Å². The number of anilines is 1. The van der Waals surface area contributed by atoms with E-state index in [0.717, 1.165) is 18.7 Å². The molecular formula is C17H25F3N4O3. The molecule has 0 unspecified atom stereocenters. The predicted octanol–water partition coefficient (Wildman–Crippen LogP) is 3.26. The maximum absolute atomic E-state index is 12.7. The van der Waals surface area contributed by atoms with Crippen molar-refractivity contribution in [1.29, 1.82) is 0 Å². The van der Waals surface area contributed by atoms with Gasteiger partial charge in [0.25, 0.3) is 5.69 Å². The van der Waals surface area contributed by atoms with Crippen LogP contribution in [0.25, 0.3) is 0 Å². The maximum atomic E-state index is 12.7. The number of alkyl halides is 3. The average Bonchev–Trinajstić information content (AvgIpc) is 2.57. The number of likely N-dealkylation sites (N-methyl/N-ethyl adjacent to an activating group) is 1. The number of halogens is 3. The molecule has 0 aliphatic heterocycles. The Hall–Kier alpha value is -2.36. The molecule has 1 aromatic rings. The van der Waals surface area contributed by atoms with Gasteiger partial charge in [-0.1, -0.05) is 6.92 Å². The van der Waals surface area contributed by atoms with Crippen molar-refractivity contribution in [3.63, 3.8) is 0 Å². The van der Waals surface area contributed by atoms with Crippen LogP contribution in [0, 0.1) is 10.1 Å². The number of carbonyl (C=O) groups is 1. The average molecular weight is 390 g/mol. The fourth-order valence-electron chi connectivity index (χ4n) is 2.53. The van der Waals surface area contributed by atoms with E-state index in [1.807, 2.05) is 6.92 Å². The molecule has 7 nitrogen and oxygen atoms in total. The van der Waals surface area contributed by atoms with Crippen molar-refractivity contribution in [1.82, 2.24) is 10.2 Å². The van der Waals surface area contributed by atoms with Gasteiger partial charge in [-0.3, -0.25) is 19.8 Å². The fraction of sp³-hybridized carbons (Fsp3) is 0.588. The molecule has 0 aliphatic rings. The number of nitrogens with zero attached hydrogens (tertiary/aromatic N) is 2. The highest BCUT2D eigenvalue weighted by Gasteiger charge is 2.33. The molecule has 0 saturated carbocycles. The van der Waals surface area contributed by atoms with Crippen LogP contribution in [0.5, 0.6) is 0 Å². The van der Waals surface area contributed by atoms with Crippen LogP contribution >= 0.6 is 0 Å².